The number of nitrogens with zero attached hydrogens (tertiary/aromatic N) is 1. The number of hydrogen-bond donors (Lipinski definition) is 1. The molecule has 0 radical (unpaired) electrons. The summed E-state index contributed by atoms with van der Waals surface area (Å²) in [6, 6.07) is 10.9. The number of carbonyl (C=O) groups excluding carboxylic acids is 1. The van der Waals surface area contributed by atoms with E-state index in [4.69, 9.17) is 4.74 Å². The van der Waals surface area contributed by atoms with Crippen LogP contribution in [0.3, 0.4) is 0 Å². The number of hydrogen-bond acceptors (Lipinski definition) is 6. The van der Waals surface area contributed by atoms with Gasteiger partial charge in [-0.3, -0.25) is 4.79 Å². The Morgan fingerprint density at radius 2 is 1.62 bits per heavy atom. The third kappa shape index (κ3) is 6.37. The van der Waals surface area contributed by atoms with Crippen molar-refractivity contribution in [2.45, 2.75) is 54.9 Å². The van der Waals surface area contributed by atoms with Crippen LogP contribution in [0.15, 0.2) is 52.3 Å². The van der Waals surface area contributed by atoms with Gasteiger partial charge in [0, 0.05) is 25.8 Å². The maximum atomic E-state index is 13.0. The number of nitrogens with one attached hydrogen (secondary N) is 1. The number of benzene rings is 2. The van der Waals surface area contributed by atoms with Crippen LogP contribution in [0.4, 0.5) is 0 Å². The summed E-state index contributed by atoms with van der Waals surface area (Å²) in [6.45, 7) is 2.87. The SMILES string of the molecule is COc1ccc(S(=O)(=O)N2CCCCC2)cc1CCC(=O)NC(C)c1ccc(S(C)(=O)=O)cc1. The molecule has 0 aliphatic carbocycles. The Morgan fingerprint density at radius 3 is 2.21 bits per heavy atom. The third-order valence-corrected chi connectivity index (χ3v) is 9.03. The fraction of sp³-hybridized carbons (Fsp3) is 0.458. The van der Waals surface area contributed by atoms with Gasteiger partial charge >= 0.3 is 0 Å². The van der Waals surface area contributed by atoms with Crippen LogP contribution in [-0.4, -0.2) is 53.5 Å². The monoisotopic (exact) mass is 508 g/mol. The van der Waals surface area contributed by atoms with Crippen LogP contribution < -0.4 is 10.1 Å². The lowest BCUT2D eigenvalue weighted by atomic mass is 10.1. The molecule has 1 atom stereocenters. The molecule has 1 heterocycles. The summed E-state index contributed by atoms with van der Waals surface area (Å²) < 4.78 is 56.2. The molecular weight excluding hydrogens is 476 g/mol. The van der Waals surface area contributed by atoms with Crippen molar-refractivity contribution in [3.8, 4) is 5.75 Å². The molecule has 3 rings (SSSR count). The highest BCUT2D eigenvalue weighted by Gasteiger charge is 2.26. The summed E-state index contributed by atoms with van der Waals surface area (Å²) in [5.74, 6) is 0.334. The van der Waals surface area contributed by atoms with Crippen LogP contribution in [-0.2, 0) is 31.1 Å². The van der Waals surface area contributed by atoms with E-state index in [0.29, 0.717) is 30.8 Å². The van der Waals surface area contributed by atoms with E-state index in [1.807, 2.05) is 6.92 Å². The van der Waals surface area contributed by atoms with Crippen LogP contribution in [0.1, 0.15) is 49.8 Å². The van der Waals surface area contributed by atoms with Crippen LogP contribution in [0.5, 0.6) is 5.75 Å². The summed E-state index contributed by atoms with van der Waals surface area (Å²) >= 11 is 0. The van der Waals surface area contributed by atoms with Gasteiger partial charge in [-0.15, -0.1) is 0 Å². The molecule has 186 valence electrons. The Bertz CT molecular complexity index is 1220. The molecular formula is C24H32N2O6S2. The van der Waals surface area contributed by atoms with Crippen molar-refractivity contribution in [3.05, 3.63) is 53.6 Å². The fourth-order valence-corrected chi connectivity index (χ4v) is 6.21. The molecule has 1 amide bonds. The molecule has 10 heteroatoms. The second-order valence-electron chi connectivity index (χ2n) is 8.57. The minimum absolute atomic E-state index is 0.148. The molecule has 0 aromatic heterocycles. The van der Waals surface area contributed by atoms with Gasteiger partial charge in [0.1, 0.15) is 5.75 Å². The second kappa shape index (κ2) is 10.9. The van der Waals surface area contributed by atoms with E-state index >= 15 is 0 Å². The van der Waals surface area contributed by atoms with Gasteiger partial charge in [0.15, 0.2) is 9.84 Å². The highest BCUT2D eigenvalue weighted by atomic mass is 32.2. The lowest BCUT2D eigenvalue weighted by Gasteiger charge is -2.26. The predicted octanol–water partition coefficient (Wildman–Crippen LogP) is 3.08. The van der Waals surface area contributed by atoms with Gasteiger partial charge in [0.2, 0.25) is 15.9 Å². The highest BCUT2D eigenvalue weighted by molar-refractivity contribution is 7.90. The average molecular weight is 509 g/mol. The van der Waals surface area contributed by atoms with Crippen molar-refractivity contribution in [2.24, 2.45) is 0 Å². The molecule has 2 aromatic rings. The fourth-order valence-electron chi connectivity index (χ4n) is 4.01. The summed E-state index contributed by atoms with van der Waals surface area (Å²) in [7, 11) is -5.35. The highest BCUT2D eigenvalue weighted by Crippen LogP contribution is 2.27. The molecule has 2 aromatic carbocycles. The Kier molecular flexibility index (Phi) is 8.38. The third-order valence-electron chi connectivity index (χ3n) is 6.01. The van der Waals surface area contributed by atoms with Gasteiger partial charge in [0.25, 0.3) is 0 Å². The number of methoxy groups -OCH3 is 1. The van der Waals surface area contributed by atoms with Gasteiger partial charge in [-0.25, -0.2) is 16.8 Å². The van der Waals surface area contributed by atoms with E-state index in [1.54, 1.807) is 30.3 Å². The van der Waals surface area contributed by atoms with E-state index in [1.165, 1.54) is 23.5 Å². The van der Waals surface area contributed by atoms with E-state index in [-0.39, 0.29) is 28.2 Å². The van der Waals surface area contributed by atoms with Crippen LogP contribution >= 0.6 is 0 Å². The molecule has 1 fully saturated rings. The Balaban J connectivity index is 1.67. The van der Waals surface area contributed by atoms with Crippen molar-refractivity contribution in [1.82, 2.24) is 9.62 Å². The zero-order chi connectivity index (χ0) is 24.9. The van der Waals surface area contributed by atoms with Gasteiger partial charge in [0.05, 0.1) is 22.9 Å². The van der Waals surface area contributed by atoms with Gasteiger partial charge < -0.3 is 10.1 Å². The minimum Gasteiger partial charge on any atom is -0.496 e. The van der Waals surface area contributed by atoms with Gasteiger partial charge in [-0.05, 0) is 67.6 Å². The van der Waals surface area contributed by atoms with E-state index in [0.717, 1.165) is 31.1 Å². The second-order valence-corrected chi connectivity index (χ2v) is 12.5. The smallest absolute Gasteiger partial charge is 0.243 e. The summed E-state index contributed by atoms with van der Waals surface area (Å²) in [5, 5.41) is 2.90. The summed E-state index contributed by atoms with van der Waals surface area (Å²) in [5.41, 5.74) is 1.44. The van der Waals surface area contributed by atoms with Crippen molar-refractivity contribution < 1.29 is 26.4 Å². The molecule has 0 saturated carbocycles. The lowest BCUT2D eigenvalue weighted by molar-refractivity contribution is -0.121. The van der Waals surface area contributed by atoms with Gasteiger partial charge in [-0.1, -0.05) is 18.6 Å². The number of aryl methyl sites for hydroxylation is 1. The predicted molar refractivity (Wildman–Crippen MR) is 130 cm³/mol. The molecule has 1 N–H and O–H groups in total. The van der Waals surface area contributed by atoms with E-state index in [9.17, 15) is 21.6 Å². The standard InChI is InChI=1S/C24H32N2O6S2/c1-18(19-7-10-21(11-8-19)33(3,28)29)25-24(27)14-9-20-17-22(12-13-23(20)32-2)34(30,31)26-15-5-4-6-16-26/h7-8,10-13,17-18H,4-6,9,14-16H2,1-3H3,(H,25,27). The maximum absolute atomic E-state index is 13.0. The first-order valence-corrected chi connectivity index (χ1v) is 14.6. The zero-order valence-corrected chi connectivity index (χ0v) is 21.4. The topological polar surface area (TPSA) is 110 Å². The number of sulfone groups is 1. The Hall–Kier alpha value is -2.43. The molecule has 1 aliphatic rings. The minimum atomic E-state index is -3.58. The van der Waals surface area contributed by atoms with Crippen molar-refractivity contribution in [1.29, 1.82) is 0 Å². The zero-order valence-electron chi connectivity index (χ0n) is 19.8. The molecule has 0 spiro atoms. The van der Waals surface area contributed by atoms with E-state index < -0.39 is 19.9 Å². The molecule has 0 bridgehead atoms. The number of amides is 1. The van der Waals surface area contributed by atoms with E-state index in [2.05, 4.69) is 5.32 Å². The number of carbonyl (C=O) groups is 1. The normalized spacial score (nSPS) is 16.1. The number of sulfonamides is 1. The first-order valence-electron chi connectivity index (χ1n) is 11.3. The summed E-state index contributed by atoms with van der Waals surface area (Å²) in [4.78, 5) is 13.0. The maximum Gasteiger partial charge on any atom is 0.243 e. The Labute approximate surface area is 202 Å². The first kappa shape index (κ1) is 26.2. The number of rotatable bonds is 9. The summed E-state index contributed by atoms with van der Waals surface area (Å²) in [6.07, 6.45) is 4.37. The first-order chi connectivity index (χ1) is 16.0. The van der Waals surface area contributed by atoms with Crippen molar-refractivity contribution in [3.63, 3.8) is 0 Å². The van der Waals surface area contributed by atoms with Crippen molar-refractivity contribution in [2.75, 3.05) is 26.5 Å². The largest absolute Gasteiger partial charge is 0.496 e. The number of ether oxygens (including phenoxy) is 1. The van der Waals surface area contributed by atoms with Gasteiger partial charge in [-0.2, -0.15) is 4.31 Å². The Morgan fingerprint density at radius 1 is 1.00 bits per heavy atom. The molecule has 34 heavy (non-hydrogen) atoms. The molecule has 1 saturated heterocycles. The van der Waals surface area contributed by atoms with Crippen LogP contribution in [0.25, 0.3) is 0 Å². The van der Waals surface area contributed by atoms with Crippen molar-refractivity contribution >= 4 is 25.8 Å². The molecule has 8 nitrogen and oxygen atoms in total. The lowest BCUT2D eigenvalue weighted by Crippen LogP contribution is -2.35. The van der Waals surface area contributed by atoms with Crippen LogP contribution in [0.2, 0.25) is 0 Å². The molecule has 1 unspecified atom stereocenters. The number of piperidine rings is 1. The average Bonchev–Trinajstić information content (AvgIpc) is 2.82. The van der Waals surface area contributed by atoms with Crippen LogP contribution in [0, 0.1) is 0 Å². The molecule has 1 aliphatic heterocycles. The quantitative estimate of drug-likeness (QED) is 0.557.